The topological polar surface area (TPSA) is 56.8 Å². The smallest absolute Gasteiger partial charge is 0.251 e. The standard InChI is InChI=1S/C48H48NO4P.BrH/c1-51-42-15-12-14-38(34-42)46-35-39(26-31-47(46)52-2)48(50)49-40-27-22-36(23-28-40)37-24-29-41(30-25-37)53-32-13-33-54(43-16-6-3-7-17-43,44-18-8-4-9-19-44)45-20-10-5-11-21-45;/h3-12,14-21,24-26,29-31,34-36,40H,13,22-23,27-28,32-33H2,1-2H3;1H. The minimum atomic E-state index is -1.87. The molecule has 1 aliphatic carbocycles. The lowest BCUT2D eigenvalue weighted by molar-refractivity contribution is -0.0000204. The van der Waals surface area contributed by atoms with Crippen molar-refractivity contribution in [1.82, 2.24) is 5.32 Å². The third kappa shape index (κ3) is 9.32. The number of amides is 1. The van der Waals surface area contributed by atoms with Crippen LogP contribution in [0.5, 0.6) is 17.2 Å². The van der Waals surface area contributed by atoms with Gasteiger partial charge in [-0.1, -0.05) is 78.9 Å². The van der Waals surface area contributed by atoms with Crippen molar-refractivity contribution < 1.29 is 36.0 Å². The van der Waals surface area contributed by atoms with E-state index in [-0.39, 0.29) is 28.9 Å². The summed E-state index contributed by atoms with van der Waals surface area (Å²) in [5.74, 6) is 2.81. The van der Waals surface area contributed by atoms with Crippen LogP contribution in [0.4, 0.5) is 0 Å². The van der Waals surface area contributed by atoms with E-state index >= 15 is 0 Å². The van der Waals surface area contributed by atoms with E-state index in [1.165, 1.54) is 21.5 Å². The van der Waals surface area contributed by atoms with Gasteiger partial charge in [0.05, 0.1) is 27.0 Å². The molecule has 55 heavy (non-hydrogen) atoms. The van der Waals surface area contributed by atoms with Gasteiger partial charge in [0.15, 0.2) is 0 Å². The zero-order chi connectivity index (χ0) is 37.2. The maximum absolute atomic E-state index is 13.4. The zero-order valence-electron chi connectivity index (χ0n) is 31.6. The van der Waals surface area contributed by atoms with E-state index in [1.54, 1.807) is 14.2 Å². The Morgan fingerprint density at radius 1 is 0.636 bits per heavy atom. The van der Waals surface area contributed by atoms with Crippen molar-refractivity contribution >= 4 is 29.1 Å². The summed E-state index contributed by atoms with van der Waals surface area (Å²) in [6.45, 7) is 0.660. The van der Waals surface area contributed by atoms with E-state index in [9.17, 15) is 4.79 Å². The fourth-order valence-corrected chi connectivity index (χ4v) is 12.2. The summed E-state index contributed by atoms with van der Waals surface area (Å²) in [7, 11) is 1.43. The van der Waals surface area contributed by atoms with Crippen LogP contribution in [0.1, 0.15) is 53.9 Å². The Kier molecular flexibility index (Phi) is 13.8. The SMILES string of the molecule is COc1cccc(-c2cc(C(=O)NC3CCC(c4ccc(OCCC[P+](c5ccccc5)(c5ccccc5)c5ccccc5)cc4)CC3)ccc2OC)c1.[Br-]. The van der Waals surface area contributed by atoms with Crippen molar-refractivity contribution in [3.8, 4) is 28.4 Å². The van der Waals surface area contributed by atoms with Crippen LogP contribution in [0.2, 0.25) is 0 Å². The van der Waals surface area contributed by atoms with E-state index < -0.39 is 7.26 Å². The van der Waals surface area contributed by atoms with Crippen molar-refractivity contribution in [3.63, 3.8) is 0 Å². The van der Waals surface area contributed by atoms with Gasteiger partial charge in [-0.25, -0.2) is 0 Å². The minimum Gasteiger partial charge on any atom is -1.00 e. The second kappa shape index (κ2) is 19.1. The van der Waals surface area contributed by atoms with Gasteiger partial charge in [-0.2, -0.15) is 0 Å². The molecule has 282 valence electrons. The highest BCUT2D eigenvalue weighted by atomic mass is 79.9. The summed E-state index contributed by atoms with van der Waals surface area (Å²) in [5, 5.41) is 7.51. The highest BCUT2D eigenvalue weighted by Crippen LogP contribution is 2.55. The van der Waals surface area contributed by atoms with Gasteiger partial charge >= 0.3 is 0 Å². The van der Waals surface area contributed by atoms with Crippen LogP contribution >= 0.6 is 7.26 Å². The molecule has 0 radical (unpaired) electrons. The molecule has 6 aromatic rings. The molecule has 0 aliphatic heterocycles. The van der Waals surface area contributed by atoms with Crippen LogP contribution in [0.25, 0.3) is 11.1 Å². The first-order chi connectivity index (χ1) is 26.6. The van der Waals surface area contributed by atoms with Crippen LogP contribution in [-0.2, 0) is 0 Å². The van der Waals surface area contributed by atoms with Crippen LogP contribution in [0, 0.1) is 0 Å². The summed E-state index contributed by atoms with van der Waals surface area (Å²) in [4.78, 5) is 13.4. The number of nitrogens with one attached hydrogen (secondary N) is 1. The molecule has 0 unspecified atom stereocenters. The second-order valence-corrected chi connectivity index (χ2v) is 17.6. The second-order valence-electron chi connectivity index (χ2n) is 14.0. The monoisotopic (exact) mass is 813 g/mol. The number of halogens is 1. The quantitative estimate of drug-likeness (QED) is 0.0997. The van der Waals surface area contributed by atoms with Gasteiger partial charge in [0.1, 0.15) is 40.4 Å². The molecule has 7 rings (SSSR count). The van der Waals surface area contributed by atoms with Crippen molar-refractivity contribution in [2.24, 2.45) is 0 Å². The largest absolute Gasteiger partial charge is 1.00 e. The van der Waals surface area contributed by atoms with Gasteiger partial charge in [0, 0.05) is 23.6 Å². The Morgan fingerprint density at radius 3 is 1.80 bits per heavy atom. The third-order valence-corrected chi connectivity index (χ3v) is 15.3. The highest BCUT2D eigenvalue weighted by molar-refractivity contribution is 7.95. The zero-order valence-corrected chi connectivity index (χ0v) is 34.1. The Hall–Kier alpha value is -4.90. The highest BCUT2D eigenvalue weighted by Gasteiger charge is 2.44. The molecule has 1 N–H and O–H groups in total. The number of hydrogen-bond donors (Lipinski definition) is 1. The molecule has 0 aromatic heterocycles. The van der Waals surface area contributed by atoms with Gasteiger partial charge in [-0.15, -0.1) is 0 Å². The first kappa shape index (κ1) is 39.8. The summed E-state index contributed by atoms with van der Waals surface area (Å²) < 4.78 is 17.4. The molecule has 1 amide bonds. The average molecular weight is 815 g/mol. The van der Waals surface area contributed by atoms with E-state index in [4.69, 9.17) is 14.2 Å². The number of carbonyl (C=O) groups excluding carboxylic acids is 1. The average Bonchev–Trinajstić information content (AvgIpc) is 3.25. The Morgan fingerprint density at radius 2 is 1.24 bits per heavy atom. The molecule has 6 aromatic carbocycles. The summed E-state index contributed by atoms with van der Waals surface area (Å²) >= 11 is 0. The van der Waals surface area contributed by atoms with Crippen LogP contribution in [0.15, 0.2) is 158 Å². The van der Waals surface area contributed by atoms with Crippen LogP contribution in [0.3, 0.4) is 0 Å². The van der Waals surface area contributed by atoms with E-state index in [0.717, 1.165) is 60.9 Å². The summed E-state index contributed by atoms with van der Waals surface area (Å²) in [5.41, 5.74) is 3.77. The minimum absolute atomic E-state index is 0. The number of methoxy groups -OCH3 is 2. The van der Waals surface area contributed by atoms with Gasteiger partial charge in [0.2, 0.25) is 0 Å². The lowest BCUT2D eigenvalue weighted by Crippen LogP contribution is -3.00. The molecular formula is C48H49BrNO4P. The molecule has 0 atom stereocenters. The summed E-state index contributed by atoms with van der Waals surface area (Å²) in [6.07, 6.45) is 5.94. The van der Waals surface area contributed by atoms with Crippen molar-refractivity contribution in [2.45, 2.75) is 44.1 Å². The number of carbonyl (C=O) groups is 1. The fourth-order valence-electron chi connectivity index (χ4n) is 7.92. The van der Waals surface area contributed by atoms with E-state index in [0.29, 0.717) is 23.8 Å². The number of hydrogen-bond acceptors (Lipinski definition) is 4. The molecule has 0 spiro atoms. The number of benzene rings is 6. The van der Waals surface area contributed by atoms with Crippen molar-refractivity contribution in [2.75, 3.05) is 27.0 Å². The van der Waals surface area contributed by atoms with Crippen molar-refractivity contribution in [3.05, 3.63) is 169 Å². The molecule has 0 bridgehead atoms. The predicted molar refractivity (Wildman–Crippen MR) is 224 cm³/mol. The Balaban J connectivity index is 0.00000514. The lowest BCUT2D eigenvalue weighted by Gasteiger charge is -2.29. The van der Waals surface area contributed by atoms with Gasteiger partial charge in [-0.3, -0.25) is 4.79 Å². The Bertz CT molecular complexity index is 2010. The number of ether oxygens (including phenoxy) is 3. The molecule has 0 heterocycles. The first-order valence-electron chi connectivity index (χ1n) is 19.0. The maximum Gasteiger partial charge on any atom is 0.251 e. The fraction of sp³-hybridized carbons (Fsp3) is 0.229. The molecule has 1 saturated carbocycles. The number of rotatable bonds is 14. The lowest BCUT2D eigenvalue weighted by atomic mass is 9.81. The van der Waals surface area contributed by atoms with Gasteiger partial charge < -0.3 is 36.5 Å². The van der Waals surface area contributed by atoms with Crippen molar-refractivity contribution in [1.29, 1.82) is 0 Å². The van der Waals surface area contributed by atoms with Gasteiger partial charge in [0.25, 0.3) is 5.91 Å². The van der Waals surface area contributed by atoms with E-state index in [1.807, 2.05) is 42.5 Å². The molecule has 5 nitrogen and oxygen atoms in total. The van der Waals surface area contributed by atoms with E-state index in [2.05, 4.69) is 121 Å². The Labute approximate surface area is 337 Å². The molecule has 7 heteroatoms. The molecular weight excluding hydrogens is 765 g/mol. The predicted octanol–water partition coefficient (Wildman–Crippen LogP) is 6.59. The van der Waals surface area contributed by atoms with Gasteiger partial charge in [-0.05, 0) is 122 Å². The first-order valence-corrected chi connectivity index (χ1v) is 21.0. The third-order valence-electron chi connectivity index (χ3n) is 10.8. The van der Waals surface area contributed by atoms with Crippen LogP contribution in [-0.4, -0.2) is 38.9 Å². The normalized spacial score (nSPS) is 15.3. The molecule has 1 fully saturated rings. The van der Waals surface area contributed by atoms with Crippen LogP contribution < -0.4 is 52.4 Å². The maximum atomic E-state index is 13.4. The summed E-state index contributed by atoms with van der Waals surface area (Å²) in [6, 6.07) is 55.4. The molecule has 1 aliphatic rings. The molecule has 0 saturated heterocycles.